The molecule has 1 rings (SSSR count). The van der Waals surface area contributed by atoms with Gasteiger partial charge in [-0.25, -0.2) is 4.79 Å². The van der Waals surface area contributed by atoms with Crippen LogP contribution in [0.25, 0.3) is 0 Å². The minimum Gasteiger partial charge on any atom is -0.460 e. The Morgan fingerprint density at radius 3 is 2.32 bits per heavy atom. The number of hydrogen-bond acceptors (Lipinski definition) is 5. The van der Waals surface area contributed by atoms with Crippen molar-refractivity contribution in [1.29, 1.82) is 0 Å². The maximum Gasteiger partial charge on any atom is 0.338 e. The molecule has 0 aliphatic carbocycles. The largest absolute Gasteiger partial charge is 0.460 e. The number of ether oxygens (including phenoxy) is 2. The lowest BCUT2D eigenvalue weighted by molar-refractivity contribution is 0.0303. The summed E-state index contributed by atoms with van der Waals surface area (Å²) in [5.41, 5.74) is 12.5. The van der Waals surface area contributed by atoms with Crippen LogP contribution in [0.3, 0.4) is 0 Å². The van der Waals surface area contributed by atoms with Gasteiger partial charge in [0.1, 0.15) is 6.61 Å². The number of carbonyl (C=O) groups is 1. The molecule has 0 unspecified atom stereocenters. The van der Waals surface area contributed by atoms with E-state index in [1.165, 1.54) is 12.1 Å². The van der Waals surface area contributed by atoms with Crippen LogP contribution in [0.5, 0.6) is 0 Å². The lowest BCUT2D eigenvalue weighted by Crippen LogP contribution is -2.12. The van der Waals surface area contributed by atoms with Gasteiger partial charge in [-0.05, 0) is 30.5 Å². The molecule has 0 bridgehead atoms. The molecule has 0 saturated carbocycles. The van der Waals surface area contributed by atoms with E-state index in [0.29, 0.717) is 36.1 Å². The second kappa shape index (κ2) is 7.63. The van der Waals surface area contributed by atoms with Crippen molar-refractivity contribution in [2.45, 2.75) is 20.3 Å². The Morgan fingerprint density at radius 2 is 1.74 bits per heavy atom. The van der Waals surface area contributed by atoms with Crippen LogP contribution < -0.4 is 11.5 Å². The predicted molar refractivity (Wildman–Crippen MR) is 75.8 cm³/mol. The smallest absolute Gasteiger partial charge is 0.338 e. The number of nitrogen functional groups attached to an aromatic ring is 2. The van der Waals surface area contributed by atoms with Crippen molar-refractivity contribution in [3.63, 3.8) is 0 Å². The molecule has 1 aromatic carbocycles. The quantitative estimate of drug-likeness (QED) is 0.448. The SMILES string of the molecule is CC(C)CCOCCOC(=O)c1cc(N)cc(N)c1. The molecule has 4 N–H and O–H groups in total. The fourth-order valence-electron chi connectivity index (χ4n) is 1.49. The third kappa shape index (κ3) is 6.10. The maximum atomic E-state index is 11.7. The number of hydrogen-bond donors (Lipinski definition) is 2. The highest BCUT2D eigenvalue weighted by atomic mass is 16.6. The molecule has 0 amide bonds. The van der Waals surface area contributed by atoms with Gasteiger partial charge in [-0.1, -0.05) is 13.8 Å². The lowest BCUT2D eigenvalue weighted by atomic mass is 10.1. The van der Waals surface area contributed by atoms with E-state index in [2.05, 4.69) is 13.8 Å². The second-order valence-electron chi connectivity index (χ2n) is 4.82. The third-order valence-corrected chi connectivity index (χ3v) is 2.51. The number of benzene rings is 1. The van der Waals surface area contributed by atoms with Crippen LogP contribution in [-0.4, -0.2) is 25.8 Å². The summed E-state index contributed by atoms with van der Waals surface area (Å²) in [7, 11) is 0. The van der Waals surface area contributed by atoms with Crippen molar-refractivity contribution in [3.05, 3.63) is 23.8 Å². The fourth-order valence-corrected chi connectivity index (χ4v) is 1.49. The summed E-state index contributed by atoms with van der Waals surface area (Å²) in [6, 6.07) is 4.67. The molecule has 5 heteroatoms. The number of nitrogens with two attached hydrogens (primary N) is 2. The van der Waals surface area contributed by atoms with Crippen LogP contribution >= 0.6 is 0 Å². The highest BCUT2D eigenvalue weighted by Gasteiger charge is 2.08. The van der Waals surface area contributed by atoms with Gasteiger partial charge in [0.05, 0.1) is 12.2 Å². The Bertz CT molecular complexity index is 399. The van der Waals surface area contributed by atoms with Gasteiger partial charge in [-0.3, -0.25) is 0 Å². The summed E-state index contributed by atoms with van der Waals surface area (Å²) in [4.78, 5) is 11.7. The number of rotatable bonds is 7. The van der Waals surface area contributed by atoms with E-state index >= 15 is 0 Å². The minimum atomic E-state index is -0.438. The van der Waals surface area contributed by atoms with E-state index in [0.717, 1.165) is 6.42 Å². The van der Waals surface area contributed by atoms with E-state index in [4.69, 9.17) is 20.9 Å². The fraction of sp³-hybridized carbons (Fsp3) is 0.500. The van der Waals surface area contributed by atoms with Crippen LogP contribution in [0.4, 0.5) is 11.4 Å². The maximum absolute atomic E-state index is 11.7. The average molecular weight is 266 g/mol. The highest BCUT2D eigenvalue weighted by molar-refractivity contribution is 5.91. The van der Waals surface area contributed by atoms with E-state index in [-0.39, 0.29) is 6.61 Å². The molecule has 0 saturated heterocycles. The standard InChI is InChI=1S/C14H22N2O3/c1-10(2)3-4-18-5-6-19-14(17)11-7-12(15)9-13(16)8-11/h7-10H,3-6,15-16H2,1-2H3. The summed E-state index contributed by atoms with van der Waals surface area (Å²) in [6.07, 6.45) is 1.000. The van der Waals surface area contributed by atoms with Gasteiger partial charge in [0, 0.05) is 18.0 Å². The van der Waals surface area contributed by atoms with Gasteiger partial charge < -0.3 is 20.9 Å². The predicted octanol–water partition coefficient (Wildman–Crippen LogP) is 2.07. The summed E-state index contributed by atoms with van der Waals surface area (Å²) in [6.45, 7) is 5.57. The van der Waals surface area contributed by atoms with Crippen molar-refractivity contribution in [2.75, 3.05) is 31.3 Å². The first kappa shape index (κ1) is 15.3. The number of esters is 1. The Hall–Kier alpha value is -1.75. The average Bonchev–Trinajstić information content (AvgIpc) is 2.31. The highest BCUT2D eigenvalue weighted by Crippen LogP contribution is 2.14. The summed E-state index contributed by atoms with van der Waals surface area (Å²) in [5, 5.41) is 0. The molecule has 5 nitrogen and oxygen atoms in total. The third-order valence-electron chi connectivity index (χ3n) is 2.51. The molecule has 0 heterocycles. The minimum absolute atomic E-state index is 0.228. The molecule has 0 atom stereocenters. The first-order chi connectivity index (χ1) is 8.99. The molecule has 0 aromatic heterocycles. The van der Waals surface area contributed by atoms with Crippen LogP contribution in [-0.2, 0) is 9.47 Å². The van der Waals surface area contributed by atoms with Crippen LogP contribution in [0.1, 0.15) is 30.6 Å². The van der Waals surface area contributed by atoms with Crippen LogP contribution in [0.2, 0.25) is 0 Å². The monoisotopic (exact) mass is 266 g/mol. The van der Waals surface area contributed by atoms with Gasteiger partial charge in [-0.15, -0.1) is 0 Å². The molecule has 0 spiro atoms. The zero-order chi connectivity index (χ0) is 14.3. The Labute approximate surface area is 113 Å². The molecule has 0 fully saturated rings. The summed E-state index contributed by atoms with van der Waals surface area (Å²) >= 11 is 0. The second-order valence-corrected chi connectivity index (χ2v) is 4.82. The Balaban J connectivity index is 2.27. The van der Waals surface area contributed by atoms with Gasteiger partial charge in [0.25, 0.3) is 0 Å². The van der Waals surface area contributed by atoms with E-state index in [1.54, 1.807) is 6.07 Å². The zero-order valence-corrected chi connectivity index (χ0v) is 11.5. The topological polar surface area (TPSA) is 87.6 Å². The molecular formula is C14H22N2O3. The van der Waals surface area contributed by atoms with Gasteiger partial charge in [-0.2, -0.15) is 0 Å². The van der Waals surface area contributed by atoms with Gasteiger partial charge >= 0.3 is 5.97 Å². The zero-order valence-electron chi connectivity index (χ0n) is 11.5. The number of anilines is 2. The van der Waals surface area contributed by atoms with Crippen molar-refractivity contribution >= 4 is 17.3 Å². The van der Waals surface area contributed by atoms with Gasteiger partial charge in [0.2, 0.25) is 0 Å². The number of carbonyl (C=O) groups excluding carboxylic acids is 1. The first-order valence-corrected chi connectivity index (χ1v) is 6.40. The van der Waals surface area contributed by atoms with Crippen LogP contribution in [0.15, 0.2) is 18.2 Å². The summed E-state index contributed by atoms with van der Waals surface area (Å²) in [5.74, 6) is 0.171. The first-order valence-electron chi connectivity index (χ1n) is 6.40. The van der Waals surface area contributed by atoms with E-state index in [9.17, 15) is 4.79 Å². The Kier molecular flexibility index (Phi) is 6.15. The van der Waals surface area contributed by atoms with Crippen molar-refractivity contribution in [1.82, 2.24) is 0 Å². The normalized spacial score (nSPS) is 10.7. The molecule has 0 aliphatic rings. The van der Waals surface area contributed by atoms with Crippen molar-refractivity contribution in [2.24, 2.45) is 5.92 Å². The van der Waals surface area contributed by atoms with Gasteiger partial charge in [0.15, 0.2) is 0 Å². The Morgan fingerprint density at radius 1 is 1.11 bits per heavy atom. The molecular weight excluding hydrogens is 244 g/mol. The van der Waals surface area contributed by atoms with Crippen molar-refractivity contribution < 1.29 is 14.3 Å². The van der Waals surface area contributed by atoms with Crippen molar-refractivity contribution in [3.8, 4) is 0 Å². The van der Waals surface area contributed by atoms with Crippen LogP contribution in [0, 0.1) is 5.92 Å². The molecule has 106 valence electrons. The van der Waals surface area contributed by atoms with E-state index < -0.39 is 5.97 Å². The molecule has 19 heavy (non-hydrogen) atoms. The molecule has 0 aliphatic heterocycles. The summed E-state index contributed by atoms with van der Waals surface area (Å²) < 4.78 is 10.4. The molecule has 1 aromatic rings. The lowest BCUT2D eigenvalue weighted by Gasteiger charge is -2.08. The van der Waals surface area contributed by atoms with E-state index in [1.807, 2.05) is 0 Å². The molecule has 0 radical (unpaired) electrons.